The van der Waals surface area contributed by atoms with Gasteiger partial charge in [0.15, 0.2) is 17.1 Å². The predicted octanol–water partition coefficient (Wildman–Crippen LogP) is 6.26. The van der Waals surface area contributed by atoms with Crippen molar-refractivity contribution in [2.45, 2.75) is 54.3 Å². The molecule has 12 nitrogen and oxygen atoms in total. The first-order chi connectivity index (χ1) is 23.9. The van der Waals surface area contributed by atoms with Gasteiger partial charge in [0.05, 0.1) is 44.9 Å². The molecule has 0 aliphatic rings. The molecule has 0 aliphatic carbocycles. The van der Waals surface area contributed by atoms with Gasteiger partial charge in [-0.3, -0.25) is 14.4 Å². The first-order valence-electron chi connectivity index (χ1n) is 16.0. The molecule has 6 heterocycles. The summed E-state index contributed by atoms with van der Waals surface area (Å²) in [5, 5.41) is 12.4. The second kappa shape index (κ2) is 13.8. The highest BCUT2D eigenvalue weighted by Crippen LogP contribution is 2.31. The van der Waals surface area contributed by atoms with Crippen LogP contribution in [-0.4, -0.2) is 44.4 Å². The Morgan fingerprint density at radius 1 is 0.784 bits per heavy atom. The van der Waals surface area contributed by atoms with Gasteiger partial charge in [0, 0.05) is 36.5 Å². The number of ketones is 1. The van der Waals surface area contributed by atoms with Gasteiger partial charge in [-0.15, -0.1) is 22.7 Å². The molecule has 0 fully saturated rings. The van der Waals surface area contributed by atoms with Gasteiger partial charge in [-0.2, -0.15) is 10.2 Å². The van der Waals surface area contributed by atoms with E-state index in [4.69, 9.17) is 5.73 Å². The molecular formula is C37H39N9O3S2. The van der Waals surface area contributed by atoms with Crippen LogP contribution in [-0.2, 0) is 27.2 Å². The molecule has 0 radical (unpaired) electrons. The van der Waals surface area contributed by atoms with Gasteiger partial charge in [-0.25, -0.2) is 19.3 Å². The van der Waals surface area contributed by atoms with Gasteiger partial charge in [-0.05, 0) is 50.5 Å². The zero-order chi connectivity index (χ0) is 35.4. The first kappa shape index (κ1) is 35.5. The van der Waals surface area contributed by atoms with Crippen molar-refractivity contribution in [2.75, 3.05) is 0 Å². The van der Waals surface area contributed by atoms with E-state index in [0.717, 1.165) is 58.2 Å². The van der Waals surface area contributed by atoms with E-state index in [2.05, 4.69) is 20.2 Å². The molecule has 8 aromatic rings. The molecule has 0 aliphatic heterocycles. The largest absolute Gasteiger partial charge is 0.324 e. The molecule has 0 saturated carbocycles. The average molecular weight is 722 g/mol. The Bertz CT molecular complexity index is 2730. The van der Waals surface area contributed by atoms with E-state index >= 15 is 0 Å². The number of hydrogen-bond acceptors (Lipinski definition) is 10. The molecule has 1 unspecified atom stereocenters. The maximum atomic E-state index is 13.0. The summed E-state index contributed by atoms with van der Waals surface area (Å²) in [5.74, 6) is 0.00160. The summed E-state index contributed by atoms with van der Waals surface area (Å²) >= 11 is 3.16. The van der Waals surface area contributed by atoms with Crippen molar-refractivity contribution >= 4 is 71.0 Å². The Labute approximate surface area is 301 Å². The summed E-state index contributed by atoms with van der Waals surface area (Å²) in [5.41, 5.74) is 12.1. The van der Waals surface area contributed by atoms with E-state index in [1.54, 1.807) is 47.2 Å². The lowest BCUT2D eigenvalue weighted by molar-refractivity contribution is 0.101. The number of fused-ring (bicyclic) bond motifs is 6. The molecule has 2 N–H and O–H groups in total. The minimum atomic E-state index is -0.156. The quantitative estimate of drug-likeness (QED) is 0.198. The van der Waals surface area contributed by atoms with E-state index in [9.17, 15) is 14.4 Å². The number of nitrogens with two attached hydrogens (primary N) is 1. The van der Waals surface area contributed by atoms with Crippen LogP contribution in [0.5, 0.6) is 0 Å². The fourth-order valence-corrected chi connectivity index (χ4v) is 8.14. The number of aryl methyl sites for hydroxylation is 4. The Morgan fingerprint density at radius 2 is 1.25 bits per heavy atom. The number of hydrogen-bond donors (Lipinski definition) is 1. The van der Waals surface area contributed by atoms with Crippen molar-refractivity contribution in [2.24, 2.45) is 19.8 Å². The topological polar surface area (TPSA) is 149 Å². The number of benzene rings is 2. The molecule has 6 aromatic heterocycles. The lowest BCUT2D eigenvalue weighted by Crippen LogP contribution is -2.24. The zero-order valence-corrected chi connectivity index (χ0v) is 30.1. The molecule has 8 rings (SSSR count). The predicted molar refractivity (Wildman–Crippen MR) is 206 cm³/mol. The first-order valence-corrected chi connectivity index (χ1v) is 17.6. The number of carbonyl (C=O) groups is 1. The van der Waals surface area contributed by atoms with Crippen molar-refractivity contribution in [3.8, 4) is 0 Å². The highest BCUT2D eigenvalue weighted by Gasteiger charge is 2.19. The van der Waals surface area contributed by atoms with Gasteiger partial charge in [0.2, 0.25) is 0 Å². The van der Waals surface area contributed by atoms with Crippen LogP contribution in [0, 0.1) is 13.8 Å². The molecule has 0 bridgehead atoms. The summed E-state index contributed by atoms with van der Waals surface area (Å²) in [7, 11) is 3.73. The van der Waals surface area contributed by atoms with Crippen LogP contribution < -0.4 is 16.9 Å². The fourth-order valence-electron chi connectivity index (χ4n) is 6.22. The SMILES string of the molecule is C.CC(=O)c1cccc(Cn2ncc3c4sc(C)nc4n(C)c3c2=O)c1.Cc1nc2c(s1)c1cnn(Cc3cccc(C(C)N)c3)c(=O)c1n2C. The normalized spacial score (nSPS) is 12.0. The Hall–Kier alpha value is -5.31. The van der Waals surface area contributed by atoms with Crippen molar-refractivity contribution in [3.05, 3.63) is 114 Å². The Morgan fingerprint density at radius 3 is 1.73 bits per heavy atom. The van der Waals surface area contributed by atoms with Crippen LogP contribution in [0.1, 0.15) is 64.4 Å². The highest BCUT2D eigenvalue weighted by molar-refractivity contribution is 7.19. The molecular weight excluding hydrogens is 683 g/mol. The maximum absolute atomic E-state index is 13.0. The molecule has 51 heavy (non-hydrogen) atoms. The standard InChI is InChI=1S/C18H19N5OS.C18H16N4O2S.CH4/c1-10(19)13-6-4-5-12(7-13)9-23-18(24)15-14(8-20-23)16-17(22(15)3)21-11(2)25-16;1-10(23)13-6-4-5-12(7-13)9-22-18(24)15-14(8-19-22)16-17(21(15)3)20-11(2)25-16;/h4-8,10H,9,19H2,1-3H3;4-8H,9H2,1-3H3;1H4. The summed E-state index contributed by atoms with van der Waals surface area (Å²) in [4.78, 5) is 46.4. The number of Topliss-reactive ketones (excluding diaryl/α,β-unsaturated/α-hetero) is 1. The van der Waals surface area contributed by atoms with Gasteiger partial charge >= 0.3 is 0 Å². The number of rotatable bonds is 6. The van der Waals surface area contributed by atoms with Crippen LogP contribution in [0.4, 0.5) is 0 Å². The lowest BCUT2D eigenvalue weighted by atomic mass is 10.1. The molecule has 0 amide bonds. The third-order valence-electron chi connectivity index (χ3n) is 8.74. The summed E-state index contributed by atoms with van der Waals surface area (Å²) < 4.78 is 8.64. The Kier molecular flexibility index (Phi) is 9.59. The van der Waals surface area contributed by atoms with E-state index in [1.807, 2.05) is 80.4 Å². The van der Waals surface area contributed by atoms with Gasteiger partial charge < -0.3 is 14.9 Å². The average Bonchev–Trinajstić information content (AvgIpc) is 3.80. The number of nitrogens with zero attached hydrogens (tertiary/aromatic N) is 8. The molecule has 0 saturated heterocycles. The monoisotopic (exact) mass is 721 g/mol. The van der Waals surface area contributed by atoms with Crippen LogP contribution >= 0.6 is 22.7 Å². The van der Waals surface area contributed by atoms with E-state index in [-0.39, 0.29) is 30.4 Å². The minimum absolute atomic E-state index is 0. The lowest BCUT2D eigenvalue weighted by Gasteiger charge is -2.09. The van der Waals surface area contributed by atoms with E-state index in [1.165, 1.54) is 16.3 Å². The van der Waals surface area contributed by atoms with Gasteiger partial charge in [0.25, 0.3) is 11.1 Å². The molecule has 1 atom stereocenters. The second-order valence-corrected chi connectivity index (χ2v) is 14.8. The third kappa shape index (κ3) is 6.41. The minimum Gasteiger partial charge on any atom is -0.324 e. The molecule has 2 aromatic carbocycles. The summed E-state index contributed by atoms with van der Waals surface area (Å²) in [6.07, 6.45) is 3.50. The van der Waals surface area contributed by atoms with Gasteiger partial charge in [-0.1, -0.05) is 49.9 Å². The van der Waals surface area contributed by atoms with E-state index < -0.39 is 0 Å². The smallest absolute Gasteiger partial charge is 0.291 e. The number of carbonyl (C=O) groups excluding carboxylic acids is 1. The van der Waals surface area contributed by atoms with E-state index in [0.29, 0.717) is 29.7 Å². The van der Waals surface area contributed by atoms with Crippen LogP contribution in [0.2, 0.25) is 0 Å². The van der Waals surface area contributed by atoms with Crippen LogP contribution in [0.15, 0.2) is 70.5 Å². The zero-order valence-electron chi connectivity index (χ0n) is 28.5. The van der Waals surface area contributed by atoms with Crippen molar-refractivity contribution in [1.29, 1.82) is 0 Å². The van der Waals surface area contributed by atoms with Crippen LogP contribution in [0.3, 0.4) is 0 Å². The summed E-state index contributed by atoms with van der Waals surface area (Å²) in [6.45, 7) is 8.13. The van der Waals surface area contributed by atoms with Crippen molar-refractivity contribution < 1.29 is 4.79 Å². The molecule has 14 heteroatoms. The molecule has 262 valence electrons. The number of thiazole rings is 2. The number of aromatic nitrogens is 8. The van der Waals surface area contributed by atoms with Crippen LogP contribution in [0.25, 0.3) is 42.5 Å². The second-order valence-electron chi connectivity index (χ2n) is 12.4. The highest BCUT2D eigenvalue weighted by atomic mass is 32.1. The fraction of sp³-hybridized carbons (Fsp3) is 0.270. The van der Waals surface area contributed by atoms with Crippen molar-refractivity contribution in [1.82, 2.24) is 38.7 Å². The third-order valence-corrected chi connectivity index (χ3v) is 10.7. The molecule has 0 spiro atoms. The Balaban J connectivity index is 0.000000172. The van der Waals surface area contributed by atoms with Crippen molar-refractivity contribution in [3.63, 3.8) is 0 Å². The maximum Gasteiger partial charge on any atom is 0.291 e. The van der Waals surface area contributed by atoms with Gasteiger partial charge in [0.1, 0.15) is 11.0 Å². The summed E-state index contributed by atoms with van der Waals surface area (Å²) in [6, 6.07) is 15.2.